The number of rotatable bonds is 4. The van der Waals surface area contributed by atoms with E-state index in [1.807, 2.05) is 123 Å². The molecule has 0 spiro atoms. The molecule has 10 heteroatoms. The summed E-state index contributed by atoms with van der Waals surface area (Å²) < 4.78 is 0. The van der Waals surface area contributed by atoms with E-state index in [0.29, 0.717) is 0 Å². The van der Waals surface area contributed by atoms with E-state index in [1.165, 1.54) is 0 Å². The van der Waals surface area contributed by atoms with E-state index < -0.39 is 0 Å². The van der Waals surface area contributed by atoms with Crippen molar-refractivity contribution in [2.75, 3.05) is 6.61 Å². The quantitative estimate of drug-likeness (QED) is 0.167. The van der Waals surface area contributed by atoms with Gasteiger partial charge in [-0.25, -0.2) is 0 Å². The van der Waals surface area contributed by atoms with Crippen molar-refractivity contribution in [3.05, 3.63) is 121 Å². The van der Waals surface area contributed by atoms with Crippen LogP contribution >= 0.6 is 20.2 Å². The fraction of sp³-hybridized carbons (Fsp3) is 0.125. The molecule has 0 atom stereocenters. The SMILES string of the molecule is CCO.Cc1cccc(-c2cc(-c3ccccc3)n[nH]2)n1.Cc1cccc(-c2cc(-c3ccccc3)n[nH]2)n1.[Cl][Cu][Cl]. The first kappa shape index (κ1) is 32.7. The van der Waals surface area contributed by atoms with E-state index in [4.69, 9.17) is 5.11 Å². The number of benzene rings is 2. The number of pyridine rings is 2. The zero-order valence-corrected chi connectivity index (χ0v) is 25.8. The summed E-state index contributed by atoms with van der Waals surface area (Å²) in [6, 6.07) is 36.2. The van der Waals surface area contributed by atoms with E-state index in [-0.39, 0.29) is 6.61 Å². The second-order valence-corrected chi connectivity index (χ2v) is 10.3. The van der Waals surface area contributed by atoms with Gasteiger partial charge < -0.3 is 5.11 Å². The van der Waals surface area contributed by atoms with Crippen molar-refractivity contribution in [2.24, 2.45) is 0 Å². The second kappa shape index (κ2) is 17.9. The Morgan fingerprint density at radius 3 is 1.29 bits per heavy atom. The van der Waals surface area contributed by atoms with Crippen LogP contribution in [-0.4, -0.2) is 42.1 Å². The molecule has 0 aliphatic rings. The van der Waals surface area contributed by atoms with Crippen LogP contribution in [0.25, 0.3) is 45.3 Å². The standard InChI is InChI=1S/2C15H13N3.C2H6O.2ClH.Cu/c2*1-11-6-5-9-13(16-11)15-10-14(17-18-15)12-7-3-2-4-8-12;1-2-3;;;/h2*2-10H,1H3,(H,17,18);3H,2H2,1H3;2*1H;/q;;;;;+2/p-2. The normalized spacial score (nSPS) is 9.95. The number of hydrogen-bond acceptors (Lipinski definition) is 5. The number of H-pyrrole nitrogens is 2. The van der Waals surface area contributed by atoms with Gasteiger partial charge in [-0.1, -0.05) is 72.8 Å². The summed E-state index contributed by atoms with van der Waals surface area (Å²) in [6.07, 6.45) is 0. The predicted octanol–water partition coefficient (Wildman–Crippen LogP) is 8.27. The van der Waals surface area contributed by atoms with Crippen LogP contribution in [0.4, 0.5) is 0 Å². The van der Waals surface area contributed by atoms with Gasteiger partial charge >= 0.3 is 33.3 Å². The molecule has 0 aliphatic heterocycles. The molecule has 2 aromatic carbocycles. The van der Waals surface area contributed by atoms with Gasteiger partial charge in [0.1, 0.15) is 0 Å². The number of aromatic amines is 2. The Hall–Kier alpha value is -3.78. The Morgan fingerprint density at radius 2 is 0.952 bits per heavy atom. The van der Waals surface area contributed by atoms with Gasteiger partial charge in [0.2, 0.25) is 0 Å². The summed E-state index contributed by atoms with van der Waals surface area (Å²) in [5, 5.41) is 22.3. The van der Waals surface area contributed by atoms with E-state index in [0.717, 1.165) is 69.8 Å². The van der Waals surface area contributed by atoms with Crippen LogP contribution in [0, 0.1) is 13.8 Å². The number of nitrogens with zero attached hydrogens (tertiary/aromatic N) is 4. The Balaban J connectivity index is 0.000000195. The summed E-state index contributed by atoms with van der Waals surface area (Å²) in [7, 11) is 9.34. The summed E-state index contributed by atoms with van der Waals surface area (Å²) in [4.78, 5) is 8.96. The van der Waals surface area contributed by atoms with Gasteiger partial charge in [0.05, 0.1) is 34.2 Å². The molecule has 0 amide bonds. The van der Waals surface area contributed by atoms with Crippen molar-refractivity contribution in [1.82, 2.24) is 30.4 Å². The first-order chi connectivity index (χ1) is 20.5. The minimum atomic E-state index is 0.250. The summed E-state index contributed by atoms with van der Waals surface area (Å²) in [5.41, 5.74) is 9.82. The topological polar surface area (TPSA) is 103 Å². The molecule has 221 valence electrons. The van der Waals surface area contributed by atoms with Crippen LogP contribution in [0.5, 0.6) is 0 Å². The van der Waals surface area contributed by atoms with Crippen molar-refractivity contribution in [1.29, 1.82) is 0 Å². The molecule has 0 fully saturated rings. The van der Waals surface area contributed by atoms with Crippen LogP contribution in [0.2, 0.25) is 0 Å². The van der Waals surface area contributed by atoms with E-state index in [9.17, 15) is 0 Å². The van der Waals surface area contributed by atoms with Crippen molar-refractivity contribution in [3.8, 4) is 45.3 Å². The molecule has 0 bridgehead atoms. The maximum atomic E-state index is 7.57. The average Bonchev–Trinajstić information content (AvgIpc) is 3.71. The third-order valence-corrected chi connectivity index (χ3v) is 5.62. The molecule has 0 saturated carbocycles. The van der Waals surface area contributed by atoms with E-state index in [1.54, 1.807) is 6.92 Å². The van der Waals surface area contributed by atoms with Crippen LogP contribution < -0.4 is 0 Å². The molecule has 0 radical (unpaired) electrons. The molecule has 4 heterocycles. The van der Waals surface area contributed by atoms with Crippen molar-refractivity contribution >= 4 is 20.2 Å². The van der Waals surface area contributed by atoms with Gasteiger partial charge in [0.15, 0.2) is 0 Å². The van der Waals surface area contributed by atoms with Crippen LogP contribution in [-0.2, 0) is 13.1 Å². The molecule has 3 N–H and O–H groups in total. The zero-order chi connectivity index (χ0) is 30.2. The molecule has 42 heavy (non-hydrogen) atoms. The van der Waals surface area contributed by atoms with Crippen LogP contribution in [0.1, 0.15) is 18.3 Å². The van der Waals surface area contributed by atoms with Crippen molar-refractivity contribution in [3.63, 3.8) is 0 Å². The zero-order valence-electron chi connectivity index (χ0n) is 23.4. The van der Waals surface area contributed by atoms with Crippen molar-refractivity contribution < 1.29 is 18.2 Å². The number of nitrogens with one attached hydrogen (secondary N) is 2. The number of aliphatic hydroxyl groups excluding tert-OH is 1. The number of hydrogen-bond donors (Lipinski definition) is 3. The number of aryl methyl sites for hydroxylation is 2. The summed E-state index contributed by atoms with van der Waals surface area (Å²) in [5.74, 6) is 0. The molecule has 0 saturated heterocycles. The maximum absolute atomic E-state index is 7.57. The molecular formula is C32H32Cl2CuN6O. The van der Waals surface area contributed by atoms with Gasteiger partial charge in [-0.05, 0) is 57.2 Å². The number of aromatic nitrogens is 6. The van der Waals surface area contributed by atoms with Crippen LogP contribution in [0.15, 0.2) is 109 Å². The van der Waals surface area contributed by atoms with Gasteiger partial charge in [-0.15, -0.1) is 0 Å². The fourth-order valence-corrected chi connectivity index (χ4v) is 3.81. The van der Waals surface area contributed by atoms with E-state index >= 15 is 0 Å². The predicted molar refractivity (Wildman–Crippen MR) is 168 cm³/mol. The monoisotopic (exact) mass is 649 g/mol. The number of aliphatic hydroxyl groups is 1. The Bertz CT molecular complexity index is 1490. The molecule has 6 aromatic rings. The molecule has 6 rings (SSSR count). The third kappa shape index (κ3) is 10.2. The van der Waals surface area contributed by atoms with E-state index in [2.05, 4.69) is 50.6 Å². The number of halogens is 2. The average molecular weight is 651 g/mol. The molecule has 4 aromatic heterocycles. The summed E-state index contributed by atoms with van der Waals surface area (Å²) in [6.45, 7) is 5.90. The Morgan fingerprint density at radius 1 is 0.595 bits per heavy atom. The Kier molecular flexibility index (Phi) is 14.0. The Labute approximate surface area is 261 Å². The third-order valence-electron chi connectivity index (χ3n) is 5.62. The van der Waals surface area contributed by atoms with Gasteiger partial charge in [-0.3, -0.25) is 20.2 Å². The molecule has 0 unspecified atom stereocenters. The van der Waals surface area contributed by atoms with Gasteiger partial charge in [-0.2, -0.15) is 10.2 Å². The minimum absolute atomic E-state index is 0.250. The van der Waals surface area contributed by atoms with Gasteiger partial charge in [0.25, 0.3) is 0 Å². The first-order valence-electron chi connectivity index (χ1n) is 13.0. The van der Waals surface area contributed by atoms with Crippen LogP contribution in [0.3, 0.4) is 0 Å². The van der Waals surface area contributed by atoms with Gasteiger partial charge in [0, 0.05) is 29.1 Å². The fourth-order valence-electron chi connectivity index (χ4n) is 3.81. The molecular weight excluding hydrogens is 619 g/mol. The molecule has 0 aliphatic carbocycles. The molecule has 7 nitrogen and oxygen atoms in total. The first-order valence-corrected chi connectivity index (χ1v) is 15.6. The summed E-state index contributed by atoms with van der Waals surface area (Å²) >= 11 is 0.757. The second-order valence-electron chi connectivity index (χ2n) is 8.75. The van der Waals surface area contributed by atoms with Crippen molar-refractivity contribution in [2.45, 2.75) is 20.8 Å².